The summed E-state index contributed by atoms with van der Waals surface area (Å²) in [6.45, 7) is 2.41. The van der Waals surface area contributed by atoms with E-state index < -0.39 is 14.9 Å². The molecule has 0 atom stereocenters. The quantitative estimate of drug-likeness (QED) is 0.573. The standard InChI is InChI=1S/C17H21N3O4S/c1-14-8-9-16(20(21)22)12-17(14)25(23,24)19(11-5-10-18)13-15-6-3-2-4-7-15/h2-4,6-9,12H,5,10-11,13,18H2,1H3. The monoisotopic (exact) mass is 363 g/mol. The second kappa shape index (κ2) is 8.19. The number of aryl methyl sites for hydroxylation is 1. The highest BCUT2D eigenvalue weighted by Gasteiger charge is 2.27. The lowest BCUT2D eigenvalue weighted by Gasteiger charge is -2.23. The van der Waals surface area contributed by atoms with Crippen molar-refractivity contribution in [1.82, 2.24) is 4.31 Å². The molecule has 0 radical (unpaired) electrons. The zero-order valence-corrected chi connectivity index (χ0v) is 14.8. The zero-order chi connectivity index (χ0) is 18.4. The molecule has 0 bridgehead atoms. The third-order valence-corrected chi connectivity index (χ3v) is 5.80. The zero-order valence-electron chi connectivity index (χ0n) is 14.0. The minimum absolute atomic E-state index is 0.0466. The fraction of sp³-hybridized carbons (Fsp3) is 0.294. The predicted molar refractivity (Wildman–Crippen MR) is 95.5 cm³/mol. The highest BCUT2D eigenvalue weighted by Crippen LogP contribution is 2.26. The predicted octanol–water partition coefficient (Wildman–Crippen LogP) is 2.44. The van der Waals surface area contributed by atoms with Gasteiger partial charge in [-0.3, -0.25) is 10.1 Å². The van der Waals surface area contributed by atoms with E-state index in [0.717, 1.165) is 11.6 Å². The van der Waals surface area contributed by atoms with Crippen LogP contribution in [0.15, 0.2) is 53.4 Å². The first kappa shape index (κ1) is 19.0. The molecular formula is C17H21N3O4S. The normalized spacial score (nSPS) is 11.6. The van der Waals surface area contributed by atoms with Gasteiger partial charge in [-0.25, -0.2) is 8.42 Å². The number of hydrogen-bond donors (Lipinski definition) is 1. The van der Waals surface area contributed by atoms with Crippen LogP contribution in [0.5, 0.6) is 0 Å². The molecule has 0 spiro atoms. The molecular weight excluding hydrogens is 342 g/mol. The molecule has 2 N–H and O–H groups in total. The Bertz CT molecular complexity index is 838. The van der Waals surface area contributed by atoms with E-state index in [1.165, 1.54) is 16.4 Å². The number of benzene rings is 2. The van der Waals surface area contributed by atoms with Gasteiger partial charge in [0.1, 0.15) is 0 Å². The third-order valence-electron chi connectivity index (χ3n) is 3.81. The van der Waals surface area contributed by atoms with Gasteiger partial charge in [-0.1, -0.05) is 36.4 Å². The number of rotatable bonds is 8. The second-order valence-electron chi connectivity index (χ2n) is 5.67. The maximum absolute atomic E-state index is 13.1. The van der Waals surface area contributed by atoms with Crippen molar-refractivity contribution >= 4 is 15.7 Å². The minimum atomic E-state index is -3.88. The summed E-state index contributed by atoms with van der Waals surface area (Å²) in [7, 11) is -3.88. The van der Waals surface area contributed by atoms with Crippen LogP contribution in [0.4, 0.5) is 5.69 Å². The maximum Gasteiger partial charge on any atom is 0.270 e. The van der Waals surface area contributed by atoms with E-state index in [9.17, 15) is 18.5 Å². The molecule has 0 fully saturated rings. The third kappa shape index (κ3) is 4.62. The second-order valence-corrected chi connectivity index (χ2v) is 7.58. The van der Waals surface area contributed by atoms with Crippen molar-refractivity contribution in [1.29, 1.82) is 0 Å². The van der Waals surface area contributed by atoms with Crippen LogP contribution in [0, 0.1) is 17.0 Å². The Hall–Kier alpha value is -2.29. The molecule has 0 amide bonds. The van der Waals surface area contributed by atoms with Crippen LogP contribution in [-0.4, -0.2) is 30.7 Å². The lowest BCUT2D eigenvalue weighted by Crippen LogP contribution is -2.33. The Morgan fingerprint density at radius 1 is 1.16 bits per heavy atom. The lowest BCUT2D eigenvalue weighted by molar-refractivity contribution is -0.385. The Balaban J connectivity index is 2.44. The van der Waals surface area contributed by atoms with Crippen LogP contribution >= 0.6 is 0 Å². The molecule has 2 rings (SSSR count). The Kier molecular flexibility index (Phi) is 6.24. The summed E-state index contributed by atoms with van der Waals surface area (Å²) in [6, 6.07) is 13.1. The van der Waals surface area contributed by atoms with E-state index >= 15 is 0 Å². The van der Waals surface area contributed by atoms with E-state index in [0.29, 0.717) is 18.5 Å². The molecule has 25 heavy (non-hydrogen) atoms. The Morgan fingerprint density at radius 2 is 1.84 bits per heavy atom. The van der Waals surface area contributed by atoms with Crippen molar-refractivity contribution in [3.63, 3.8) is 0 Å². The van der Waals surface area contributed by atoms with Gasteiger partial charge in [0.05, 0.1) is 9.82 Å². The van der Waals surface area contributed by atoms with E-state index in [4.69, 9.17) is 5.73 Å². The SMILES string of the molecule is Cc1ccc([N+](=O)[O-])cc1S(=O)(=O)N(CCCN)Cc1ccccc1. The van der Waals surface area contributed by atoms with Crippen molar-refractivity contribution in [2.75, 3.05) is 13.1 Å². The van der Waals surface area contributed by atoms with Crippen molar-refractivity contribution in [3.8, 4) is 0 Å². The summed E-state index contributed by atoms with van der Waals surface area (Å²) in [5, 5.41) is 11.0. The smallest absolute Gasteiger partial charge is 0.270 e. The van der Waals surface area contributed by atoms with Crippen LogP contribution in [0.2, 0.25) is 0 Å². The molecule has 134 valence electrons. The summed E-state index contributed by atoms with van der Waals surface area (Å²) in [6.07, 6.45) is 0.500. The van der Waals surface area contributed by atoms with Crippen LogP contribution in [0.3, 0.4) is 0 Å². The molecule has 0 saturated carbocycles. The number of nitro groups is 1. The highest BCUT2D eigenvalue weighted by atomic mass is 32.2. The molecule has 0 unspecified atom stereocenters. The summed E-state index contributed by atoms with van der Waals surface area (Å²) in [5.41, 5.74) is 6.60. The molecule has 7 nitrogen and oxygen atoms in total. The van der Waals surface area contributed by atoms with Crippen LogP contribution < -0.4 is 5.73 Å². The summed E-state index contributed by atoms with van der Waals surface area (Å²) in [5.74, 6) is 0. The lowest BCUT2D eigenvalue weighted by atomic mass is 10.2. The molecule has 2 aromatic carbocycles. The van der Waals surface area contributed by atoms with Gasteiger partial charge in [-0.05, 0) is 31.0 Å². The first-order chi connectivity index (χ1) is 11.9. The van der Waals surface area contributed by atoms with Crippen LogP contribution in [0.1, 0.15) is 17.5 Å². The largest absolute Gasteiger partial charge is 0.330 e. The highest BCUT2D eigenvalue weighted by molar-refractivity contribution is 7.89. The van der Waals surface area contributed by atoms with Crippen molar-refractivity contribution < 1.29 is 13.3 Å². The average molecular weight is 363 g/mol. The van der Waals surface area contributed by atoms with Gasteiger partial charge in [0, 0.05) is 25.2 Å². The number of nitro benzene ring substituents is 1. The van der Waals surface area contributed by atoms with Crippen molar-refractivity contribution in [2.45, 2.75) is 24.8 Å². The fourth-order valence-electron chi connectivity index (χ4n) is 2.46. The fourth-order valence-corrected chi connectivity index (χ4v) is 4.17. The van der Waals surface area contributed by atoms with Gasteiger partial charge < -0.3 is 5.73 Å². The number of nitrogens with zero attached hydrogens (tertiary/aromatic N) is 2. The van der Waals surface area contributed by atoms with Crippen molar-refractivity contribution in [3.05, 3.63) is 69.8 Å². The summed E-state index contributed by atoms with van der Waals surface area (Å²) < 4.78 is 27.5. The summed E-state index contributed by atoms with van der Waals surface area (Å²) in [4.78, 5) is 10.4. The summed E-state index contributed by atoms with van der Waals surface area (Å²) >= 11 is 0. The van der Waals surface area contributed by atoms with Gasteiger partial charge in [-0.2, -0.15) is 4.31 Å². The van der Waals surface area contributed by atoms with E-state index in [-0.39, 0.29) is 23.7 Å². The van der Waals surface area contributed by atoms with Crippen LogP contribution in [-0.2, 0) is 16.6 Å². The van der Waals surface area contributed by atoms with Gasteiger partial charge in [-0.15, -0.1) is 0 Å². The van der Waals surface area contributed by atoms with Gasteiger partial charge in [0.2, 0.25) is 10.0 Å². The number of nitrogens with two attached hydrogens (primary N) is 1. The first-order valence-corrected chi connectivity index (χ1v) is 9.29. The topological polar surface area (TPSA) is 107 Å². The molecule has 0 aliphatic carbocycles. The molecule has 2 aromatic rings. The van der Waals surface area contributed by atoms with Gasteiger partial charge >= 0.3 is 0 Å². The van der Waals surface area contributed by atoms with Crippen LogP contribution in [0.25, 0.3) is 0 Å². The molecule has 8 heteroatoms. The molecule has 0 aliphatic heterocycles. The Morgan fingerprint density at radius 3 is 2.44 bits per heavy atom. The van der Waals surface area contributed by atoms with E-state index in [1.54, 1.807) is 6.92 Å². The van der Waals surface area contributed by atoms with E-state index in [2.05, 4.69) is 0 Å². The average Bonchev–Trinajstić information content (AvgIpc) is 2.59. The van der Waals surface area contributed by atoms with Gasteiger partial charge in [0.15, 0.2) is 0 Å². The number of hydrogen-bond acceptors (Lipinski definition) is 5. The molecule has 0 saturated heterocycles. The van der Waals surface area contributed by atoms with E-state index in [1.807, 2.05) is 30.3 Å². The number of non-ortho nitro benzene ring substituents is 1. The number of sulfonamides is 1. The Labute approximate surface area is 147 Å². The minimum Gasteiger partial charge on any atom is -0.330 e. The molecule has 0 aliphatic rings. The molecule has 0 heterocycles. The maximum atomic E-state index is 13.1. The van der Waals surface area contributed by atoms with Gasteiger partial charge in [0.25, 0.3) is 5.69 Å². The van der Waals surface area contributed by atoms with Crippen molar-refractivity contribution in [2.24, 2.45) is 5.73 Å². The molecule has 0 aromatic heterocycles. The first-order valence-electron chi connectivity index (χ1n) is 7.85.